The van der Waals surface area contributed by atoms with Crippen LogP contribution in [0.5, 0.6) is 0 Å². The van der Waals surface area contributed by atoms with Crippen LogP contribution in [-0.4, -0.2) is 11.2 Å². The van der Waals surface area contributed by atoms with Gasteiger partial charge in [0.15, 0.2) is 0 Å². The van der Waals surface area contributed by atoms with Gasteiger partial charge in [-0.1, -0.05) is 169 Å². The van der Waals surface area contributed by atoms with Crippen molar-refractivity contribution in [3.05, 3.63) is 108 Å². The summed E-state index contributed by atoms with van der Waals surface area (Å²) in [6.07, 6.45) is 15.9. The fraction of sp³-hybridized carbons (Fsp3) is 0.471. The molecule has 0 saturated carbocycles. The third-order valence-corrected chi connectivity index (χ3v) is 7.48. The number of aliphatic hydroxyl groups is 1. The Bertz CT molecular complexity index is 806. The minimum Gasteiger partial charge on any atom is -0.393 e. The molecule has 0 aliphatic heterocycles. The molecule has 3 rings (SSSR count). The number of benzene rings is 3. The van der Waals surface area contributed by atoms with Gasteiger partial charge in [0.25, 0.3) is 0 Å². The van der Waals surface area contributed by atoms with Gasteiger partial charge in [-0.05, 0) is 29.5 Å². The quantitative estimate of drug-likeness (QED) is 0.154. The number of unbranched alkanes of at least 4 members (excludes halogenated alkanes) is 10. The second-order valence-electron chi connectivity index (χ2n) is 10.2. The highest BCUT2D eigenvalue weighted by Crippen LogP contribution is 2.43. The van der Waals surface area contributed by atoms with E-state index in [0.29, 0.717) is 6.42 Å². The molecular formula is C34H46O. The van der Waals surface area contributed by atoms with Gasteiger partial charge in [-0.3, -0.25) is 0 Å². The fourth-order valence-electron chi connectivity index (χ4n) is 5.52. The lowest BCUT2D eigenvalue weighted by Crippen LogP contribution is -2.34. The second-order valence-corrected chi connectivity index (χ2v) is 10.2. The smallest absolute Gasteiger partial charge is 0.0555 e. The van der Waals surface area contributed by atoms with Gasteiger partial charge < -0.3 is 5.11 Å². The summed E-state index contributed by atoms with van der Waals surface area (Å²) in [5.41, 5.74) is 3.38. The van der Waals surface area contributed by atoms with Crippen LogP contribution in [-0.2, 0) is 5.41 Å². The Balaban J connectivity index is 1.60. The molecule has 3 aromatic carbocycles. The number of hydrogen-bond acceptors (Lipinski definition) is 1. The maximum Gasteiger partial charge on any atom is 0.0555 e. The third kappa shape index (κ3) is 8.36. The summed E-state index contributed by atoms with van der Waals surface area (Å²) in [5, 5.41) is 11.3. The molecule has 3 aromatic rings. The van der Waals surface area contributed by atoms with Crippen molar-refractivity contribution in [2.75, 3.05) is 0 Å². The molecule has 0 bridgehead atoms. The molecule has 0 aliphatic rings. The highest BCUT2D eigenvalue weighted by Gasteiger charge is 2.37. The highest BCUT2D eigenvalue weighted by atomic mass is 16.3. The van der Waals surface area contributed by atoms with E-state index < -0.39 is 0 Å². The monoisotopic (exact) mass is 470 g/mol. The zero-order valence-corrected chi connectivity index (χ0v) is 21.9. The lowest BCUT2D eigenvalue weighted by Gasteiger charge is -2.38. The summed E-state index contributed by atoms with van der Waals surface area (Å²) in [4.78, 5) is 0. The van der Waals surface area contributed by atoms with E-state index in [1.165, 1.54) is 80.9 Å². The van der Waals surface area contributed by atoms with Crippen LogP contribution in [0.2, 0.25) is 0 Å². The largest absolute Gasteiger partial charge is 0.393 e. The van der Waals surface area contributed by atoms with E-state index in [0.717, 1.165) is 12.8 Å². The summed E-state index contributed by atoms with van der Waals surface area (Å²) >= 11 is 0. The van der Waals surface area contributed by atoms with Crippen molar-refractivity contribution in [1.29, 1.82) is 0 Å². The van der Waals surface area contributed by atoms with Crippen LogP contribution in [0.3, 0.4) is 0 Å². The molecule has 188 valence electrons. The minimum absolute atomic E-state index is 0.339. The van der Waals surface area contributed by atoms with Gasteiger partial charge in [0.05, 0.1) is 6.10 Å². The molecule has 0 saturated heterocycles. The molecule has 0 spiro atoms. The first-order chi connectivity index (χ1) is 17.3. The van der Waals surface area contributed by atoms with E-state index in [1.807, 2.05) is 0 Å². The first-order valence-corrected chi connectivity index (χ1v) is 14.1. The molecule has 1 atom stereocenters. The van der Waals surface area contributed by atoms with Crippen LogP contribution < -0.4 is 0 Å². The molecule has 0 radical (unpaired) electrons. The van der Waals surface area contributed by atoms with E-state index in [2.05, 4.69) is 97.9 Å². The van der Waals surface area contributed by atoms with Crippen molar-refractivity contribution in [3.63, 3.8) is 0 Å². The predicted octanol–water partition coefficient (Wildman–Crippen LogP) is 9.47. The molecule has 0 amide bonds. The standard InChI is InChI=1S/C34H46O/c1-2-3-4-5-6-7-8-9-10-11-21-28-33(35)29-34(30-22-15-12-16-23-30,31-24-17-13-18-25-31)32-26-19-14-20-27-32/h12-20,22-27,33,35H,2-11,21,28-29H2,1H3/t33-/m0/s1. The van der Waals surface area contributed by atoms with Gasteiger partial charge in [-0.25, -0.2) is 0 Å². The maximum atomic E-state index is 11.3. The van der Waals surface area contributed by atoms with Gasteiger partial charge >= 0.3 is 0 Å². The Labute approximate surface area is 214 Å². The Morgan fingerprint density at radius 3 is 1.23 bits per heavy atom. The molecule has 35 heavy (non-hydrogen) atoms. The highest BCUT2D eigenvalue weighted by molar-refractivity contribution is 5.50. The van der Waals surface area contributed by atoms with Gasteiger partial charge in [0, 0.05) is 5.41 Å². The Morgan fingerprint density at radius 2 is 0.857 bits per heavy atom. The van der Waals surface area contributed by atoms with Gasteiger partial charge in [-0.15, -0.1) is 0 Å². The Morgan fingerprint density at radius 1 is 0.514 bits per heavy atom. The first kappa shape index (κ1) is 27.2. The average Bonchev–Trinajstić information content (AvgIpc) is 2.92. The molecular weight excluding hydrogens is 424 g/mol. The topological polar surface area (TPSA) is 20.2 Å². The van der Waals surface area contributed by atoms with Crippen LogP contribution in [0, 0.1) is 0 Å². The molecule has 0 unspecified atom stereocenters. The van der Waals surface area contributed by atoms with Crippen molar-refractivity contribution in [3.8, 4) is 0 Å². The van der Waals surface area contributed by atoms with Crippen LogP contribution in [0.25, 0.3) is 0 Å². The van der Waals surface area contributed by atoms with E-state index in [1.54, 1.807) is 0 Å². The van der Waals surface area contributed by atoms with Crippen LogP contribution in [0.4, 0.5) is 0 Å². The third-order valence-electron chi connectivity index (χ3n) is 7.48. The van der Waals surface area contributed by atoms with E-state index >= 15 is 0 Å². The van der Waals surface area contributed by atoms with Crippen LogP contribution >= 0.6 is 0 Å². The van der Waals surface area contributed by atoms with Crippen molar-refractivity contribution in [1.82, 2.24) is 0 Å². The maximum absolute atomic E-state index is 11.3. The van der Waals surface area contributed by atoms with Crippen molar-refractivity contribution in [2.45, 2.75) is 102 Å². The summed E-state index contributed by atoms with van der Waals surface area (Å²) in [6.45, 7) is 2.28. The number of aliphatic hydroxyl groups excluding tert-OH is 1. The van der Waals surface area contributed by atoms with Crippen molar-refractivity contribution >= 4 is 0 Å². The lowest BCUT2D eigenvalue weighted by molar-refractivity contribution is 0.134. The van der Waals surface area contributed by atoms with Crippen LogP contribution in [0.15, 0.2) is 91.0 Å². The molecule has 1 heteroatoms. The number of rotatable bonds is 17. The number of hydrogen-bond donors (Lipinski definition) is 1. The second kappa shape index (κ2) is 15.6. The van der Waals surface area contributed by atoms with Gasteiger partial charge in [0.1, 0.15) is 0 Å². The Hall–Kier alpha value is -2.38. The zero-order valence-electron chi connectivity index (χ0n) is 21.9. The van der Waals surface area contributed by atoms with E-state index in [4.69, 9.17) is 0 Å². The van der Waals surface area contributed by atoms with E-state index in [9.17, 15) is 5.11 Å². The lowest BCUT2D eigenvalue weighted by atomic mass is 9.66. The molecule has 0 fully saturated rings. The molecule has 1 nitrogen and oxygen atoms in total. The SMILES string of the molecule is CCCCCCCCCCCCC[C@H](O)CC(c1ccccc1)(c1ccccc1)c1ccccc1. The molecule has 0 heterocycles. The predicted molar refractivity (Wildman–Crippen MR) is 151 cm³/mol. The van der Waals surface area contributed by atoms with Gasteiger partial charge in [-0.2, -0.15) is 0 Å². The molecule has 0 aliphatic carbocycles. The first-order valence-electron chi connectivity index (χ1n) is 14.1. The normalized spacial score (nSPS) is 12.5. The summed E-state index contributed by atoms with van der Waals surface area (Å²) in [7, 11) is 0. The van der Waals surface area contributed by atoms with Crippen molar-refractivity contribution < 1.29 is 5.11 Å². The Kier molecular flexibility index (Phi) is 12.1. The average molecular weight is 471 g/mol. The summed E-state index contributed by atoms with van der Waals surface area (Å²) < 4.78 is 0. The van der Waals surface area contributed by atoms with Crippen molar-refractivity contribution in [2.24, 2.45) is 0 Å². The molecule has 0 aromatic heterocycles. The van der Waals surface area contributed by atoms with E-state index in [-0.39, 0.29) is 11.5 Å². The summed E-state index contributed by atoms with van der Waals surface area (Å²) in [5.74, 6) is 0. The van der Waals surface area contributed by atoms with Crippen LogP contribution in [0.1, 0.15) is 107 Å². The summed E-state index contributed by atoms with van der Waals surface area (Å²) in [6, 6.07) is 32.2. The molecule has 1 N–H and O–H groups in total. The fourth-order valence-corrected chi connectivity index (χ4v) is 5.52. The zero-order chi connectivity index (χ0) is 24.6. The van der Waals surface area contributed by atoms with Gasteiger partial charge in [0.2, 0.25) is 0 Å². The minimum atomic E-state index is -0.360.